The third-order valence-corrected chi connectivity index (χ3v) is 5.45. The molecule has 4 atom stereocenters. The number of fused-ring (bicyclic) bond motifs is 1. The number of alkyl halides is 1. The van der Waals surface area contributed by atoms with Crippen LogP contribution < -0.4 is 0 Å². The molecular formula is C19H26ClNO3. The number of piperidine rings is 1. The van der Waals surface area contributed by atoms with Gasteiger partial charge in [0.25, 0.3) is 0 Å². The highest BCUT2D eigenvalue weighted by Gasteiger charge is 2.55. The minimum Gasteiger partial charge on any atom is -0.382 e. The average molecular weight is 352 g/mol. The number of carbonyl (C=O) groups excluding carboxylic acids is 1. The van der Waals surface area contributed by atoms with E-state index in [0.717, 1.165) is 24.8 Å². The Kier molecular flexibility index (Phi) is 5.48. The number of carbonyl (C=O) groups is 1. The molecule has 0 aromatic heterocycles. The van der Waals surface area contributed by atoms with Crippen molar-refractivity contribution >= 4 is 17.5 Å². The van der Waals surface area contributed by atoms with Crippen LogP contribution in [0.15, 0.2) is 30.3 Å². The van der Waals surface area contributed by atoms with Crippen LogP contribution in [-0.4, -0.2) is 42.2 Å². The maximum Gasteiger partial charge on any atom is 0.225 e. The van der Waals surface area contributed by atoms with E-state index in [9.17, 15) is 4.79 Å². The Balaban J connectivity index is 1.87. The third-order valence-electron chi connectivity index (χ3n) is 5.18. The molecule has 0 radical (unpaired) electrons. The van der Waals surface area contributed by atoms with Gasteiger partial charge >= 0.3 is 0 Å². The van der Waals surface area contributed by atoms with E-state index in [1.807, 2.05) is 30.0 Å². The van der Waals surface area contributed by atoms with Crippen molar-refractivity contribution in [2.75, 3.05) is 19.6 Å². The quantitative estimate of drug-likeness (QED) is 0.733. The van der Waals surface area contributed by atoms with Crippen LogP contribution >= 0.6 is 11.6 Å². The molecule has 1 amide bonds. The second-order valence-electron chi connectivity index (χ2n) is 7.02. The molecule has 1 aromatic rings. The Morgan fingerprint density at radius 2 is 2.12 bits per heavy atom. The summed E-state index contributed by atoms with van der Waals surface area (Å²) in [5.41, 5.74) is 0.538. The van der Waals surface area contributed by atoms with Crippen molar-refractivity contribution in [2.24, 2.45) is 5.92 Å². The zero-order valence-corrected chi connectivity index (χ0v) is 15.2. The minimum atomic E-state index is -0.560. The van der Waals surface area contributed by atoms with Crippen LogP contribution in [0.5, 0.6) is 0 Å². The van der Waals surface area contributed by atoms with E-state index in [0.29, 0.717) is 24.8 Å². The van der Waals surface area contributed by atoms with E-state index in [1.165, 1.54) is 0 Å². The molecule has 2 aliphatic rings. The first-order valence-corrected chi connectivity index (χ1v) is 9.22. The van der Waals surface area contributed by atoms with Gasteiger partial charge in [0, 0.05) is 19.4 Å². The highest BCUT2D eigenvalue weighted by molar-refractivity contribution is 6.17. The minimum absolute atomic E-state index is 0.0797. The fourth-order valence-electron chi connectivity index (χ4n) is 4.28. The average Bonchev–Trinajstić information content (AvgIpc) is 2.87. The van der Waals surface area contributed by atoms with E-state index >= 15 is 0 Å². The summed E-state index contributed by atoms with van der Waals surface area (Å²) in [7, 11) is 1.68. The fourth-order valence-corrected chi connectivity index (χ4v) is 4.43. The summed E-state index contributed by atoms with van der Waals surface area (Å²) in [5, 5.41) is 0. The lowest BCUT2D eigenvalue weighted by Crippen LogP contribution is -2.55. The summed E-state index contributed by atoms with van der Waals surface area (Å²) in [4.78, 5) is 14.8. The molecule has 0 unspecified atom stereocenters. The van der Waals surface area contributed by atoms with Crippen LogP contribution in [0.2, 0.25) is 0 Å². The van der Waals surface area contributed by atoms with Gasteiger partial charge in [-0.25, -0.2) is 0 Å². The molecule has 2 aliphatic heterocycles. The van der Waals surface area contributed by atoms with Gasteiger partial charge in [0.1, 0.15) is 11.8 Å². The summed E-state index contributed by atoms with van der Waals surface area (Å²) < 4.78 is 11.9. The van der Waals surface area contributed by atoms with Gasteiger partial charge < -0.3 is 14.4 Å². The maximum atomic E-state index is 12.9. The predicted octanol–water partition coefficient (Wildman–Crippen LogP) is 3.75. The van der Waals surface area contributed by atoms with Gasteiger partial charge in [0.2, 0.25) is 5.91 Å². The number of halogens is 1. The van der Waals surface area contributed by atoms with Crippen molar-refractivity contribution in [3.63, 3.8) is 0 Å². The van der Waals surface area contributed by atoms with Gasteiger partial charge in [0.15, 0.2) is 0 Å². The number of hydrogen-bond acceptors (Lipinski definition) is 3. The second-order valence-corrected chi connectivity index (χ2v) is 7.39. The first kappa shape index (κ1) is 17.7. The van der Waals surface area contributed by atoms with Crippen LogP contribution in [0, 0.1) is 5.92 Å². The largest absolute Gasteiger partial charge is 0.382 e. The predicted molar refractivity (Wildman–Crippen MR) is 93.9 cm³/mol. The zero-order valence-electron chi connectivity index (χ0n) is 14.4. The smallest absolute Gasteiger partial charge is 0.225 e. The molecule has 0 saturated carbocycles. The molecule has 5 heteroatoms. The molecule has 2 fully saturated rings. The SMILES string of the molecule is COC[C@H]1[C@H](c2ccccc2)O[C@]2(C)C[C@H](CCCCl)CC(=O)N12. The molecule has 3 rings (SSSR count). The molecule has 1 aromatic carbocycles. The van der Waals surface area contributed by atoms with Crippen molar-refractivity contribution in [2.45, 2.75) is 50.5 Å². The molecular weight excluding hydrogens is 326 g/mol. The maximum absolute atomic E-state index is 12.9. The van der Waals surface area contributed by atoms with Crippen molar-refractivity contribution in [3.8, 4) is 0 Å². The van der Waals surface area contributed by atoms with E-state index < -0.39 is 5.72 Å². The number of ether oxygens (including phenoxy) is 2. The molecule has 24 heavy (non-hydrogen) atoms. The first-order valence-electron chi connectivity index (χ1n) is 8.69. The summed E-state index contributed by atoms with van der Waals surface area (Å²) in [6, 6.07) is 10.0. The van der Waals surface area contributed by atoms with E-state index in [-0.39, 0.29) is 18.1 Å². The number of methoxy groups -OCH3 is 1. The molecule has 2 saturated heterocycles. The van der Waals surface area contributed by atoms with E-state index in [4.69, 9.17) is 21.1 Å². The number of amides is 1. The van der Waals surface area contributed by atoms with Crippen molar-refractivity contribution < 1.29 is 14.3 Å². The summed E-state index contributed by atoms with van der Waals surface area (Å²) in [6.07, 6.45) is 3.22. The Bertz CT molecular complexity index is 567. The van der Waals surface area contributed by atoms with Crippen molar-refractivity contribution in [3.05, 3.63) is 35.9 Å². The van der Waals surface area contributed by atoms with Crippen LogP contribution in [0.4, 0.5) is 0 Å². The van der Waals surface area contributed by atoms with Crippen molar-refractivity contribution in [1.82, 2.24) is 4.90 Å². The first-order chi connectivity index (χ1) is 11.6. The summed E-state index contributed by atoms with van der Waals surface area (Å²) in [6.45, 7) is 2.52. The zero-order chi connectivity index (χ0) is 17.2. The van der Waals surface area contributed by atoms with Gasteiger partial charge in [-0.1, -0.05) is 30.3 Å². The number of rotatable bonds is 6. The van der Waals surface area contributed by atoms with Gasteiger partial charge in [-0.05, 0) is 37.7 Å². The third kappa shape index (κ3) is 3.32. The van der Waals surface area contributed by atoms with Crippen molar-refractivity contribution in [1.29, 1.82) is 0 Å². The summed E-state index contributed by atoms with van der Waals surface area (Å²) in [5.74, 6) is 1.16. The van der Waals surface area contributed by atoms with E-state index in [2.05, 4.69) is 12.1 Å². The number of benzene rings is 1. The van der Waals surface area contributed by atoms with Gasteiger partial charge in [0.05, 0.1) is 12.6 Å². The molecule has 0 aliphatic carbocycles. The molecule has 4 nitrogen and oxygen atoms in total. The topological polar surface area (TPSA) is 38.8 Å². The van der Waals surface area contributed by atoms with Gasteiger partial charge in [-0.3, -0.25) is 4.79 Å². The van der Waals surface area contributed by atoms with E-state index in [1.54, 1.807) is 7.11 Å². The van der Waals surface area contributed by atoms with Gasteiger partial charge in [-0.2, -0.15) is 0 Å². The Morgan fingerprint density at radius 3 is 2.79 bits per heavy atom. The highest BCUT2D eigenvalue weighted by atomic mass is 35.5. The fraction of sp³-hybridized carbons (Fsp3) is 0.632. The normalized spacial score (nSPS) is 32.9. The lowest BCUT2D eigenvalue weighted by Gasteiger charge is -2.43. The van der Waals surface area contributed by atoms with Crippen LogP contribution in [0.25, 0.3) is 0 Å². The Morgan fingerprint density at radius 1 is 1.38 bits per heavy atom. The Labute approximate surface area is 149 Å². The number of hydrogen-bond donors (Lipinski definition) is 0. The van der Waals surface area contributed by atoms with Crippen LogP contribution in [0.1, 0.15) is 44.3 Å². The molecule has 0 spiro atoms. The van der Waals surface area contributed by atoms with Crippen LogP contribution in [0.3, 0.4) is 0 Å². The lowest BCUT2D eigenvalue weighted by molar-refractivity contribution is -0.166. The van der Waals surface area contributed by atoms with Crippen LogP contribution in [-0.2, 0) is 14.3 Å². The molecule has 0 N–H and O–H groups in total. The van der Waals surface area contributed by atoms with Gasteiger partial charge in [-0.15, -0.1) is 11.6 Å². The number of nitrogens with zero attached hydrogens (tertiary/aromatic N) is 1. The second kappa shape index (κ2) is 7.42. The molecule has 0 bridgehead atoms. The monoisotopic (exact) mass is 351 g/mol. The molecule has 2 heterocycles. The Hall–Kier alpha value is -1.10. The highest BCUT2D eigenvalue weighted by Crippen LogP contribution is 2.48. The summed E-state index contributed by atoms with van der Waals surface area (Å²) >= 11 is 5.83. The standard InChI is InChI=1S/C19H26ClNO3/c1-19-12-14(7-6-10-20)11-17(22)21(19)16(13-23-2)18(24-19)15-8-4-3-5-9-15/h3-5,8-9,14,16,18H,6-7,10-13H2,1-2H3/t14-,16+,18+,19-/m1/s1. The lowest BCUT2D eigenvalue weighted by atomic mass is 9.85. The molecule has 132 valence electrons.